The van der Waals surface area contributed by atoms with Gasteiger partial charge >= 0.3 is 6.03 Å². The molecule has 0 aromatic heterocycles. The predicted molar refractivity (Wildman–Crippen MR) is 105 cm³/mol. The van der Waals surface area contributed by atoms with E-state index in [-0.39, 0.29) is 6.03 Å². The minimum atomic E-state index is -0.0135. The number of hydrogen-bond donors (Lipinski definition) is 1. The minimum Gasteiger partial charge on any atom is -0.368 e. The molecular weight excluding hydrogens is 310 g/mol. The Morgan fingerprint density at radius 1 is 1.00 bits per heavy atom. The fraction of sp³-hybridized carbons (Fsp3) is 0.381. The van der Waals surface area contributed by atoms with Crippen LogP contribution in [-0.4, -0.2) is 37.1 Å². The van der Waals surface area contributed by atoms with Gasteiger partial charge in [0.05, 0.1) is 0 Å². The lowest BCUT2D eigenvalue weighted by Gasteiger charge is -2.36. The van der Waals surface area contributed by atoms with E-state index in [1.54, 1.807) is 0 Å². The van der Waals surface area contributed by atoms with Gasteiger partial charge in [0.15, 0.2) is 0 Å². The van der Waals surface area contributed by atoms with Crippen molar-refractivity contribution in [2.75, 3.05) is 36.4 Å². The first kappa shape index (κ1) is 17.3. The minimum absolute atomic E-state index is 0.0135. The monoisotopic (exact) mass is 337 g/mol. The molecule has 4 heteroatoms. The van der Waals surface area contributed by atoms with Gasteiger partial charge in [-0.3, -0.25) is 0 Å². The molecule has 1 heterocycles. The molecule has 2 aromatic rings. The van der Waals surface area contributed by atoms with Crippen LogP contribution in [0.4, 0.5) is 16.2 Å². The molecule has 0 spiro atoms. The normalized spacial score (nSPS) is 14.7. The van der Waals surface area contributed by atoms with Gasteiger partial charge in [-0.1, -0.05) is 38.1 Å². The maximum Gasteiger partial charge on any atom is 0.321 e. The lowest BCUT2D eigenvalue weighted by molar-refractivity contribution is 0.208. The standard InChI is InChI=1S/C21H27N3O/c1-16(2)18-7-9-20(10-8-18)23-11-13-24(14-12-23)21(25)22-19-6-4-5-17(3)15-19/h4-10,15-16H,11-14H2,1-3H3,(H,22,25). The summed E-state index contributed by atoms with van der Waals surface area (Å²) in [6.45, 7) is 9.65. The van der Waals surface area contributed by atoms with Crippen LogP contribution in [0.3, 0.4) is 0 Å². The van der Waals surface area contributed by atoms with Crippen LogP contribution in [0.2, 0.25) is 0 Å². The third-order valence-corrected chi connectivity index (χ3v) is 4.76. The molecular formula is C21H27N3O. The van der Waals surface area contributed by atoms with Crippen molar-refractivity contribution in [3.63, 3.8) is 0 Å². The SMILES string of the molecule is Cc1cccc(NC(=O)N2CCN(c3ccc(C(C)C)cc3)CC2)c1. The van der Waals surface area contributed by atoms with Crippen LogP contribution in [0.5, 0.6) is 0 Å². The second kappa shape index (κ2) is 7.60. The molecule has 0 radical (unpaired) electrons. The van der Waals surface area contributed by atoms with E-state index >= 15 is 0 Å². The van der Waals surface area contributed by atoms with Crippen molar-refractivity contribution in [3.8, 4) is 0 Å². The second-order valence-corrected chi connectivity index (χ2v) is 7.02. The number of hydrogen-bond acceptors (Lipinski definition) is 2. The number of nitrogens with one attached hydrogen (secondary N) is 1. The Kier molecular flexibility index (Phi) is 5.27. The highest BCUT2D eigenvalue weighted by molar-refractivity contribution is 5.89. The summed E-state index contributed by atoms with van der Waals surface area (Å²) in [5.74, 6) is 0.552. The molecule has 0 bridgehead atoms. The number of piperazine rings is 1. The zero-order valence-electron chi connectivity index (χ0n) is 15.3. The number of rotatable bonds is 3. The number of carbonyl (C=O) groups is 1. The summed E-state index contributed by atoms with van der Waals surface area (Å²) in [5.41, 5.74) is 4.60. The third kappa shape index (κ3) is 4.32. The van der Waals surface area contributed by atoms with Crippen molar-refractivity contribution in [2.24, 2.45) is 0 Å². The molecule has 2 aromatic carbocycles. The molecule has 1 aliphatic rings. The second-order valence-electron chi connectivity index (χ2n) is 7.02. The smallest absolute Gasteiger partial charge is 0.321 e. The number of aryl methyl sites for hydroxylation is 1. The first-order chi connectivity index (χ1) is 12.0. The molecule has 1 N–H and O–H groups in total. The third-order valence-electron chi connectivity index (χ3n) is 4.76. The topological polar surface area (TPSA) is 35.6 Å². The number of carbonyl (C=O) groups excluding carboxylic acids is 1. The predicted octanol–water partition coefficient (Wildman–Crippen LogP) is 4.47. The van der Waals surface area contributed by atoms with Crippen LogP contribution in [0.1, 0.15) is 30.9 Å². The van der Waals surface area contributed by atoms with Crippen molar-refractivity contribution in [3.05, 3.63) is 59.7 Å². The van der Waals surface area contributed by atoms with Crippen LogP contribution < -0.4 is 10.2 Å². The molecule has 0 unspecified atom stereocenters. The van der Waals surface area contributed by atoms with Gasteiger partial charge in [-0.15, -0.1) is 0 Å². The Morgan fingerprint density at radius 3 is 2.28 bits per heavy atom. The average Bonchev–Trinajstić information content (AvgIpc) is 2.62. The van der Waals surface area contributed by atoms with E-state index in [2.05, 4.69) is 48.3 Å². The highest BCUT2D eigenvalue weighted by Gasteiger charge is 2.21. The van der Waals surface area contributed by atoms with Gasteiger partial charge in [-0.25, -0.2) is 4.79 Å². The Labute approximate surface area is 150 Å². The summed E-state index contributed by atoms with van der Waals surface area (Å²) in [5, 5.41) is 3.00. The first-order valence-electron chi connectivity index (χ1n) is 9.00. The molecule has 1 saturated heterocycles. The van der Waals surface area contributed by atoms with E-state index in [9.17, 15) is 4.79 Å². The quantitative estimate of drug-likeness (QED) is 0.897. The summed E-state index contributed by atoms with van der Waals surface area (Å²) in [7, 11) is 0. The lowest BCUT2D eigenvalue weighted by Crippen LogP contribution is -2.50. The molecule has 4 nitrogen and oxygen atoms in total. The van der Waals surface area contributed by atoms with Gasteiger partial charge in [0, 0.05) is 37.6 Å². The van der Waals surface area contributed by atoms with E-state index in [0.717, 1.165) is 37.4 Å². The van der Waals surface area contributed by atoms with Crippen molar-refractivity contribution in [1.29, 1.82) is 0 Å². The number of benzene rings is 2. The first-order valence-corrected chi connectivity index (χ1v) is 9.00. The molecule has 1 aliphatic heterocycles. The molecule has 132 valence electrons. The van der Waals surface area contributed by atoms with Gasteiger partial charge in [0.25, 0.3) is 0 Å². The summed E-state index contributed by atoms with van der Waals surface area (Å²) in [4.78, 5) is 16.7. The summed E-state index contributed by atoms with van der Waals surface area (Å²) >= 11 is 0. The van der Waals surface area contributed by atoms with Gasteiger partial charge < -0.3 is 15.1 Å². The molecule has 3 rings (SSSR count). The van der Waals surface area contributed by atoms with Crippen LogP contribution >= 0.6 is 0 Å². The van der Waals surface area contributed by atoms with Crippen molar-refractivity contribution in [2.45, 2.75) is 26.7 Å². The molecule has 0 atom stereocenters. The number of urea groups is 1. The molecule has 2 amide bonds. The van der Waals surface area contributed by atoms with Crippen LogP contribution in [0.15, 0.2) is 48.5 Å². The highest BCUT2D eigenvalue weighted by Crippen LogP contribution is 2.21. The van der Waals surface area contributed by atoms with Gasteiger partial charge in [0.2, 0.25) is 0 Å². The van der Waals surface area contributed by atoms with E-state index in [1.807, 2.05) is 36.1 Å². The van der Waals surface area contributed by atoms with E-state index in [4.69, 9.17) is 0 Å². The Morgan fingerprint density at radius 2 is 1.68 bits per heavy atom. The molecule has 0 aliphatic carbocycles. The number of amides is 2. The van der Waals surface area contributed by atoms with Gasteiger partial charge in [-0.05, 0) is 48.2 Å². The Balaban J connectivity index is 1.55. The lowest BCUT2D eigenvalue weighted by atomic mass is 10.0. The van der Waals surface area contributed by atoms with E-state index < -0.39 is 0 Å². The largest absolute Gasteiger partial charge is 0.368 e. The Hall–Kier alpha value is -2.49. The fourth-order valence-corrected chi connectivity index (χ4v) is 3.16. The van der Waals surface area contributed by atoms with Gasteiger partial charge in [-0.2, -0.15) is 0 Å². The van der Waals surface area contributed by atoms with Crippen LogP contribution in [0.25, 0.3) is 0 Å². The van der Waals surface area contributed by atoms with E-state index in [0.29, 0.717) is 5.92 Å². The summed E-state index contributed by atoms with van der Waals surface area (Å²) in [6.07, 6.45) is 0. The maximum absolute atomic E-state index is 12.4. The van der Waals surface area contributed by atoms with Crippen LogP contribution in [0, 0.1) is 6.92 Å². The molecule has 1 fully saturated rings. The van der Waals surface area contributed by atoms with Crippen molar-refractivity contribution in [1.82, 2.24) is 4.90 Å². The van der Waals surface area contributed by atoms with E-state index in [1.165, 1.54) is 11.3 Å². The average molecular weight is 337 g/mol. The Bertz CT molecular complexity index is 716. The number of nitrogens with zero attached hydrogens (tertiary/aromatic N) is 2. The fourth-order valence-electron chi connectivity index (χ4n) is 3.16. The molecule has 25 heavy (non-hydrogen) atoms. The maximum atomic E-state index is 12.4. The summed E-state index contributed by atoms with van der Waals surface area (Å²) in [6, 6.07) is 16.7. The van der Waals surface area contributed by atoms with Crippen molar-refractivity contribution < 1.29 is 4.79 Å². The summed E-state index contributed by atoms with van der Waals surface area (Å²) < 4.78 is 0. The highest BCUT2D eigenvalue weighted by atomic mass is 16.2. The van der Waals surface area contributed by atoms with Crippen LogP contribution in [-0.2, 0) is 0 Å². The zero-order chi connectivity index (χ0) is 17.8. The van der Waals surface area contributed by atoms with Crippen molar-refractivity contribution >= 4 is 17.4 Å². The zero-order valence-corrected chi connectivity index (χ0v) is 15.3. The number of anilines is 2. The molecule has 0 saturated carbocycles. The van der Waals surface area contributed by atoms with Gasteiger partial charge in [0.1, 0.15) is 0 Å².